The van der Waals surface area contributed by atoms with Gasteiger partial charge in [0.2, 0.25) is 0 Å². The minimum absolute atomic E-state index is 0.145. The highest BCUT2D eigenvalue weighted by molar-refractivity contribution is 7.99. The summed E-state index contributed by atoms with van der Waals surface area (Å²) in [5.74, 6) is 1.01. The van der Waals surface area contributed by atoms with Crippen molar-refractivity contribution in [1.29, 1.82) is 0 Å². The third-order valence-electron chi connectivity index (χ3n) is 3.97. The van der Waals surface area contributed by atoms with Crippen LogP contribution < -0.4 is 5.32 Å². The van der Waals surface area contributed by atoms with Crippen molar-refractivity contribution in [3.63, 3.8) is 0 Å². The van der Waals surface area contributed by atoms with Gasteiger partial charge in [0.15, 0.2) is 0 Å². The maximum absolute atomic E-state index is 12.0. The molecule has 1 N–H and O–H groups in total. The highest BCUT2D eigenvalue weighted by Gasteiger charge is 2.34. The summed E-state index contributed by atoms with van der Waals surface area (Å²) < 4.78 is 4.96. The Balaban J connectivity index is 2.32. The quantitative estimate of drug-likeness (QED) is 0.547. The molecule has 1 atom stereocenters. The van der Waals surface area contributed by atoms with Gasteiger partial charge in [-0.25, -0.2) is 0 Å². The summed E-state index contributed by atoms with van der Waals surface area (Å²) in [4.78, 5) is 12.0. The molecule has 0 radical (unpaired) electrons. The molecule has 20 heavy (non-hydrogen) atoms. The second-order valence-corrected chi connectivity index (χ2v) is 7.77. The van der Waals surface area contributed by atoms with Crippen molar-refractivity contribution in [3.8, 4) is 0 Å². The summed E-state index contributed by atoms with van der Waals surface area (Å²) in [6.07, 6.45) is 8.87. The summed E-state index contributed by atoms with van der Waals surface area (Å²) in [6, 6.07) is 0.282. The molecule has 118 valence electrons. The molecule has 0 aromatic carbocycles. The molecule has 1 unspecified atom stereocenters. The van der Waals surface area contributed by atoms with E-state index in [1.54, 1.807) is 0 Å². The topological polar surface area (TPSA) is 38.3 Å². The minimum atomic E-state index is -0.546. The smallest absolute Gasteiger partial charge is 0.325 e. The zero-order valence-electron chi connectivity index (χ0n) is 13.5. The number of esters is 1. The van der Waals surface area contributed by atoms with Gasteiger partial charge in [-0.3, -0.25) is 10.1 Å². The number of ether oxygens (including phenoxy) is 1. The van der Waals surface area contributed by atoms with Crippen molar-refractivity contribution in [2.24, 2.45) is 0 Å². The van der Waals surface area contributed by atoms with Gasteiger partial charge in [0.05, 0.1) is 7.11 Å². The largest absolute Gasteiger partial charge is 0.468 e. The summed E-state index contributed by atoms with van der Waals surface area (Å²) >= 11 is 2.10. The third-order valence-corrected chi connectivity index (χ3v) is 5.44. The van der Waals surface area contributed by atoms with Gasteiger partial charge >= 0.3 is 5.97 Å². The predicted molar refractivity (Wildman–Crippen MR) is 87.3 cm³/mol. The first-order valence-corrected chi connectivity index (χ1v) is 9.00. The second-order valence-electron chi connectivity index (χ2n) is 6.36. The van der Waals surface area contributed by atoms with Crippen LogP contribution >= 0.6 is 11.8 Å². The van der Waals surface area contributed by atoms with E-state index >= 15 is 0 Å². The molecule has 0 aromatic rings. The molecular formula is C16H31NO2S. The molecule has 0 saturated heterocycles. The summed E-state index contributed by atoms with van der Waals surface area (Å²) in [6.45, 7) is 6.10. The van der Waals surface area contributed by atoms with Crippen LogP contribution in [-0.2, 0) is 9.53 Å². The molecule has 1 aliphatic rings. The maximum atomic E-state index is 12.0. The van der Waals surface area contributed by atoms with Crippen molar-refractivity contribution in [2.75, 3.05) is 12.9 Å². The Morgan fingerprint density at radius 3 is 2.55 bits per heavy atom. The molecule has 0 bridgehead atoms. The summed E-state index contributed by atoms with van der Waals surface area (Å²) in [7, 11) is 1.47. The van der Waals surface area contributed by atoms with E-state index in [0.717, 1.165) is 23.8 Å². The van der Waals surface area contributed by atoms with Crippen LogP contribution in [0.25, 0.3) is 0 Å². The Kier molecular flexibility index (Phi) is 7.96. The van der Waals surface area contributed by atoms with E-state index in [-0.39, 0.29) is 12.0 Å². The Morgan fingerprint density at radius 1 is 1.35 bits per heavy atom. The lowest BCUT2D eigenvalue weighted by molar-refractivity contribution is -0.148. The highest BCUT2D eigenvalue weighted by atomic mass is 32.2. The molecule has 0 aliphatic heterocycles. The lowest BCUT2D eigenvalue weighted by Gasteiger charge is -2.30. The first kappa shape index (κ1) is 17.8. The first-order valence-electron chi connectivity index (χ1n) is 7.95. The van der Waals surface area contributed by atoms with E-state index in [1.807, 2.05) is 6.92 Å². The Bertz CT molecular complexity index is 290. The van der Waals surface area contributed by atoms with Gasteiger partial charge < -0.3 is 4.74 Å². The second kappa shape index (κ2) is 8.93. The van der Waals surface area contributed by atoms with Crippen LogP contribution in [0.4, 0.5) is 0 Å². The standard InChI is InChI=1S/C16H31NO2S/c1-13(2)17-16(3,15(18)19-4)11-8-12-20-14-9-6-5-7-10-14/h13-14,17H,5-12H2,1-4H3. The Morgan fingerprint density at radius 2 is 2.00 bits per heavy atom. The van der Waals surface area contributed by atoms with Crippen LogP contribution in [0, 0.1) is 0 Å². The van der Waals surface area contributed by atoms with Gasteiger partial charge in [0.1, 0.15) is 5.54 Å². The van der Waals surface area contributed by atoms with Crippen molar-refractivity contribution >= 4 is 17.7 Å². The lowest BCUT2D eigenvalue weighted by Crippen LogP contribution is -2.53. The lowest BCUT2D eigenvalue weighted by atomic mass is 9.95. The summed E-state index contributed by atoms with van der Waals surface area (Å²) in [5, 5.41) is 4.21. The van der Waals surface area contributed by atoms with E-state index in [0.29, 0.717) is 0 Å². The monoisotopic (exact) mass is 301 g/mol. The molecule has 1 fully saturated rings. The van der Waals surface area contributed by atoms with Crippen LogP contribution in [0.1, 0.15) is 65.7 Å². The number of methoxy groups -OCH3 is 1. The van der Waals surface area contributed by atoms with Crippen molar-refractivity contribution in [2.45, 2.75) is 82.5 Å². The van der Waals surface area contributed by atoms with E-state index in [4.69, 9.17) is 4.74 Å². The molecule has 0 heterocycles. The van der Waals surface area contributed by atoms with Gasteiger partial charge in [-0.05, 0) is 52.2 Å². The average Bonchev–Trinajstić information content (AvgIpc) is 2.43. The normalized spacial score (nSPS) is 19.9. The fourth-order valence-electron chi connectivity index (χ4n) is 3.00. The number of rotatable bonds is 8. The van der Waals surface area contributed by atoms with Crippen LogP contribution in [0.15, 0.2) is 0 Å². The van der Waals surface area contributed by atoms with Gasteiger partial charge in [0, 0.05) is 11.3 Å². The summed E-state index contributed by atoms with van der Waals surface area (Å²) in [5.41, 5.74) is -0.546. The van der Waals surface area contributed by atoms with Gasteiger partial charge in [-0.1, -0.05) is 19.3 Å². The zero-order chi connectivity index (χ0) is 15.0. The van der Waals surface area contributed by atoms with Crippen LogP contribution in [-0.4, -0.2) is 35.7 Å². The van der Waals surface area contributed by atoms with Crippen LogP contribution in [0.5, 0.6) is 0 Å². The van der Waals surface area contributed by atoms with Crippen LogP contribution in [0.2, 0.25) is 0 Å². The fraction of sp³-hybridized carbons (Fsp3) is 0.938. The van der Waals surface area contributed by atoms with Crippen molar-refractivity contribution in [1.82, 2.24) is 5.32 Å². The third kappa shape index (κ3) is 6.04. The molecule has 0 amide bonds. The molecule has 1 aliphatic carbocycles. The number of hydrogen-bond donors (Lipinski definition) is 1. The molecule has 4 heteroatoms. The molecular weight excluding hydrogens is 270 g/mol. The van der Waals surface area contributed by atoms with E-state index in [1.165, 1.54) is 39.2 Å². The predicted octanol–water partition coefficient (Wildman–Crippen LogP) is 3.76. The Labute approximate surface area is 128 Å². The number of nitrogens with one attached hydrogen (secondary N) is 1. The molecule has 0 spiro atoms. The van der Waals surface area contributed by atoms with Crippen LogP contribution in [0.3, 0.4) is 0 Å². The number of carbonyl (C=O) groups excluding carboxylic acids is 1. The molecule has 1 saturated carbocycles. The van der Waals surface area contributed by atoms with E-state index < -0.39 is 5.54 Å². The zero-order valence-corrected chi connectivity index (χ0v) is 14.4. The number of hydrogen-bond acceptors (Lipinski definition) is 4. The van der Waals surface area contributed by atoms with Gasteiger partial charge in [-0.15, -0.1) is 0 Å². The SMILES string of the molecule is COC(=O)C(C)(CCCSC1CCCCC1)NC(C)C. The van der Waals surface area contributed by atoms with E-state index in [2.05, 4.69) is 30.9 Å². The number of thioether (sulfide) groups is 1. The number of carbonyl (C=O) groups is 1. The highest BCUT2D eigenvalue weighted by Crippen LogP contribution is 2.29. The van der Waals surface area contributed by atoms with Crippen molar-refractivity contribution < 1.29 is 9.53 Å². The Hall–Kier alpha value is -0.220. The minimum Gasteiger partial charge on any atom is -0.468 e. The van der Waals surface area contributed by atoms with E-state index in [9.17, 15) is 4.79 Å². The average molecular weight is 301 g/mol. The van der Waals surface area contributed by atoms with Gasteiger partial charge in [-0.2, -0.15) is 11.8 Å². The molecule has 1 rings (SSSR count). The van der Waals surface area contributed by atoms with Crippen molar-refractivity contribution in [3.05, 3.63) is 0 Å². The first-order chi connectivity index (χ1) is 9.48. The maximum Gasteiger partial charge on any atom is 0.325 e. The fourth-order valence-corrected chi connectivity index (χ4v) is 4.31. The molecule has 0 aromatic heterocycles. The van der Waals surface area contributed by atoms with Gasteiger partial charge in [0.25, 0.3) is 0 Å². The molecule has 3 nitrogen and oxygen atoms in total.